The number of carboxylic acid groups (broad SMARTS) is 1. The Bertz CT molecular complexity index is 915. The van der Waals surface area contributed by atoms with Gasteiger partial charge in [0, 0.05) is 30.8 Å². The van der Waals surface area contributed by atoms with Crippen LogP contribution in [0.4, 0.5) is 0 Å². The molecule has 0 saturated carbocycles. The normalized spacial score (nSPS) is 18.7. The van der Waals surface area contributed by atoms with Crippen LogP contribution in [0.5, 0.6) is 0 Å². The highest BCUT2D eigenvalue weighted by Crippen LogP contribution is 2.24. The Hall–Kier alpha value is -2.67. The van der Waals surface area contributed by atoms with Gasteiger partial charge in [-0.1, -0.05) is 0 Å². The highest BCUT2D eigenvalue weighted by atomic mass is 16.5. The number of carbonyl (C=O) groups excluding carboxylic acids is 1. The van der Waals surface area contributed by atoms with E-state index < -0.39 is 5.97 Å². The summed E-state index contributed by atoms with van der Waals surface area (Å²) in [5.41, 5.74) is 3.83. The summed E-state index contributed by atoms with van der Waals surface area (Å²) >= 11 is 0. The summed E-state index contributed by atoms with van der Waals surface area (Å²) in [5, 5.41) is 13.5. The monoisotopic (exact) mass is 399 g/mol. The molecule has 1 saturated heterocycles. The lowest BCUT2D eigenvalue weighted by atomic mass is 10.0. The van der Waals surface area contributed by atoms with E-state index in [2.05, 4.69) is 5.10 Å². The van der Waals surface area contributed by atoms with E-state index in [9.17, 15) is 9.59 Å². The molecule has 0 spiro atoms. The molecule has 1 aromatic heterocycles. The molecule has 7 heteroatoms. The van der Waals surface area contributed by atoms with Crippen LogP contribution >= 0.6 is 0 Å². The van der Waals surface area contributed by atoms with E-state index in [0.29, 0.717) is 25.1 Å². The summed E-state index contributed by atoms with van der Waals surface area (Å²) in [4.78, 5) is 25.7. The molecular formula is C22H29N3O4. The van der Waals surface area contributed by atoms with Gasteiger partial charge in [-0.25, -0.2) is 4.68 Å². The fraction of sp³-hybridized carbons (Fsp3) is 0.500. The Morgan fingerprint density at radius 2 is 1.90 bits per heavy atom. The second-order valence-electron chi connectivity index (χ2n) is 8.38. The molecule has 2 heterocycles. The highest BCUT2D eigenvalue weighted by Gasteiger charge is 2.34. The second kappa shape index (κ2) is 7.99. The lowest BCUT2D eigenvalue weighted by molar-refractivity contribution is -0.136. The lowest BCUT2D eigenvalue weighted by Gasteiger charge is -2.41. The molecule has 7 nitrogen and oxygen atoms in total. The van der Waals surface area contributed by atoms with Gasteiger partial charge in [-0.05, 0) is 70.9 Å². The summed E-state index contributed by atoms with van der Waals surface area (Å²) in [6, 6.07) is 7.39. The maximum atomic E-state index is 12.9. The number of ether oxygens (including phenoxy) is 1. The van der Waals surface area contributed by atoms with Crippen molar-refractivity contribution in [3.05, 3.63) is 46.8 Å². The molecular weight excluding hydrogens is 370 g/mol. The lowest BCUT2D eigenvalue weighted by Crippen LogP contribution is -2.53. The van der Waals surface area contributed by atoms with Gasteiger partial charge < -0.3 is 14.7 Å². The van der Waals surface area contributed by atoms with Crippen molar-refractivity contribution in [3.8, 4) is 5.69 Å². The molecule has 1 amide bonds. The molecule has 1 N–H and O–H groups in total. The minimum Gasteiger partial charge on any atom is -0.481 e. The quantitative estimate of drug-likeness (QED) is 0.835. The summed E-state index contributed by atoms with van der Waals surface area (Å²) < 4.78 is 7.69. The molecule has 0 radical (unpaired) electrons. The molecule has 2 aromatic rings. The third-order valence-corrected chi connectivity index (χ3v) is 5.25. The SMILES string of the molecule is Cc1nn(-c2ccc(C(=O)N3CC(C)OC(C)(C)C3)cc2)c(C)c1CCC(=O)O. The maximum absolute atomic E-state index is 12.9. The predicted octanol–water partition coefficient (Wildman–Crippen LogP) is 3.15. The standard InChI is InChI=1S/C22H29N3O4/c1-14-12-24(13-22(4,5)29-14)21(28)17-6-8-18(9-7-17)25-16(3)19(15(2)23-25)10-11-20(26)27/h6-9,14H,10-13H2,1-5H3,(H,26,27). The minimum atomic E-state index is -0.819. The molecule has 1 aliphatic rings. The van der Waals surface area contributed by atoms with E-state index >= 15 is 0 Å². The first-order valence-corrected chi connectivity index (χ1v) is 9.92. The second-order valence-corrected chi connectivity index (χ2v) is 8.38. The zero-order valence-corrected chi connectivity index (χ0v) is 17.7. The zero-order valence-electron chi connectivity index (χ0n) is 17.7. The molecule has 29 heavy (non-hydrogen) atoms. The molecule has 1 unspecified atom stereocenters. The molecule has 0 aliphatic carbocycles. The maximum Gasteiger partial charge on any atom is 0.303 e. The zero-order chi connectivity index (χ0) is 21.3. The average Bonchev–Trinajstić information content (AvgIpc) is 2.91. The summed E-state index contributed by atoms with van der Waals surface area (Å²) in [6.45, 7) is 10.9. The Morgan fingerprint density at radius 3 is 2.48 bits per heavy atom. The van der Waals surface area contributed by atoms with Gasteiger partial charge in [0.05, 0.1) is 23.1 Å². The molecule has 1 aromatic carbocycles. The van der Waals surface area contributed by atoms with Crippen LogP contribution in [0.3, 0.4) is 0 Å². The fourth-order valence-electron chi connectivity index (χ4n) is 4.06. The topological polar surface area (TPSA) is 84.7 Å². The van der Waals surface area contributed by atoms with Crippen molar-refractivity contribution in [1.29, 1.82) is 0 Å². The van der Waals surface area contributed by atoms with Gasteiger partial charge in [0.15, 0.2) is 0 Å². The van der Waals surface area contributed by atoms with Crippen molar-refractivity contribution in [1.82, 2.24) is 14.7 Å². The van der Waals surface area contributed by atoms with Crippen molar-refractivity contribution in [2.75, 3.05) is 13.1 Å². The number of hydrogen-bond donors (Lipinski definition) is 1. The smallest absolute Gasteiger partial charge is 0.303 e. The number of morpholine rings is 1. The van der Waals surface area contributed by atoms with Gasteiger partial charge in [-0.3, -0.25) is 9.59 Å². The number of amides is 1. The molecule has 0 bridgehead atoms. The molecule has 1 fully saturated rings. The Kier molecular flexibility index (Phi) is 5.80. The highest BCUT2D eigenvalue weighted by molar-refractivity contribution is 5.94. The van der Waals surface area contributed by atoms with Crippen LogP contribution in [0.15, 0.2) is 24.3 Å². The number of aryl methyl sites for hydroxylation is 1. The first-order chi connectivity index (χ1) is 13.6. The van der Waals surface area contributed by atoms with Crippen molar-refractivity contribution < 1.29 is 19.4 Å². The number of aliphatic carboxylic acids is 1. The summed E-state index contributed by atoms with van der Waals surface area (Å²) in [5.74, 6) is -0.824. The van der Waals surface area contributed by atoms with Crippen LogP contribution < -0.4 is 0 Å². The Balaban J connectivity index is 1.79. The number of benzene rings is 1. The van der Waals surface area contributed by atoms with Gasteiger partial charge in [-0.2, -0.15) is 5.10 Å². The largest absolute Gasteiger partial charge is 0.481 e. The first kappa shape index (κ1) is 21.0. The van der Waals surface area contributed by atoms with Gasteiger partial charge in [-0.15, -0.1) is 0 Å². The van der Waals surface area contributed by atoms with Crippen LogP contribution in [0.1, 0.15) is 54.5 Å². The number of nitrogens with zero attached hydrogens (tertiary/aromatic N) is 3. The van der Waals surface area contributed by atoms with Crippen molar-refractivity contribution in [3.63, 3.8) is 0 Å². The number of carbonyl (C=O) groups is 2. The van der Waals surface area contributed by atoms with Gasteiger partial charge in [0.25, 0.3) is 5.91 Å². The van der Waals surface area contributed by atoms with E-state index in [1.807, 2.05) is 63.8 Å². The van der Waals surface area contributed by atoms with Crippen LogP contribution in [-0.2, 0) is 16.0 Å². The third kappa shape index (κ3) is 4.67. The van der Waals surface area contributed by atoms with E-state index in [1.54, 1.807) is 4.68 Å². The van der Waals surface area contributed by atoms with E-state index in [4.69, 9.17) is 9.84 Å². The van der Waals surface area contributed by atoms with Crippen molar-refractivity contribution >= 4 is 11.9 Å². The van der Waals surface area contributed by atoms with Crippen molar-refractivity contribution in [2.45, 2.75) is 59.2 Å². The first-order valence-electron chi connectivity index (χ1n) is 9.92. The van der Waals surface area contributed by atoms with Crippen LogP contribution in [-0.4, -0.2) is 56.5 Å². The van der Waals surface area contributed by atoms with E-state index in [0.717, 1.165) is 22.6 Å². The van der Waals surface area contributed by atoms with Crippen LogP contribution in [0.2, 0.25) is 0 Å². The minimum absolute atomic E-state index is 0.000829. The van der Waals surface area contributed by atoms with Gasteiger partial charge >= 0.3 is 5.97 Å². The van der Waals surface area contributed by atoms with Crippen molar-refractivity contribution in [2.24, 2.45) is 0 Å². The third-order valence-electron chi connectivity index (χ3n) is 5.25. The van der Waals surface area contributed by atoms with Crippen LogP contribution in [0.25, 0.3) is 5.69 Å². The van der Waals surface area contributed by atoms with E-state index in [-0.39, 0.29) is 24.0 Å². The number of aromatic nitrogens is 2. The Labute approximate surface area is 171 Å². The number of hydrogen-bond acceptors (Lipinski definition) is 4. The molecule has 1 aliphatic heterocycles. The van der Waals surface area contributed by atoms with Crippen LogP contribution in [0, 0.1) is 13.8 Å². The fourth-order valence-corrected chi connectivity index (χ4v) is 4.06. The summed E-state index contributed by atoms with van der Waals surface area (Å²) in [7, 11) is 0. The average molecular weight is 399 g/mol. The number of rotatable bonds is 5. The summed E-state index contributed by atoms with van der Waals surface area (Å²) in [6.07, 6.45) is 0.532. The number of carboxylic acids is 1. The molecule has 3 rings (SSSR count). The predicted molar refractivity (Wildman–Crippen MR) is 110 cm³/mol. The molecule has 1 atom stereocenters. The van der Waals surface area contributed by atoms with Gasteiger partial charge in [0.1, 0.15) is 0 Å². The van der Waals surface area contributed by atoms with Gasteiger partial charge in [0.2, 0.25) is 0 Å². The molecule has 156 valence electrons. The van der Waals surface area contributed by atoms with E-state index in [1.165, 1.54) is 0 Å². The Morgan fingerprint density at radius 1 is 1.24 bits per heavy atom.